The van der Waals surface area contributed by atoms with E-state index in [0.29, 0.717) is 6.10 Å². The van der Waals surface area contributed by atoms with E-state index >= 15 is 0 Å². The van der Waals surface area contributed by atoms with Crippen LogP contribution in [0.4, 0.5) is 0 Å². The van der Waals surface area contributed by atoms with Crippen molar-refractivity contribution in [2.45, 2.75) is 76.9 Å². The number of piperidine rings is 1. The molecule has 0 radical (unpaired) electrons. The van der Waals surface area contributed by atoms with E-state index in [0.717, 1.165) is 23.3 Å². The number of rotatable bonds is 3. The normalized spacial score (nSPS) is 24.0. The lowest BCUT2D eigenvalue weighted by Crippen LogP contribution is -2.35. The molecular weight excluding hydrogens is 286 g/mol. The monoisotopic (exact) mass is 317 g/mol. The van der Waals surface area contributed by atoms with Gasteiger partial charge >= 0.3 is 0 Å². The zero-order valence-corrected chi connectivity index (χ0v) is 14.7. The first-order chi connectivity index (χ1) is 11.3. The highest BCUT2D eigenvalue weighted by Crippen LogP contribution is 2.50. The zero-order valence-electron chi connectivity index (χ0n) is 14.7. The van der Waals surface area contributed by atoms with Gasteiger partial charge in [0.1, 0.15) is 0 Å². The Morgan fingerprint density at radius 2 is 1.74 bits per heavy atom. The maximum absolute atomic E-state index is 5.93. The minimum absolute atomic E-state index is 0.424. The number of hydrogen-bond acceptors (Lipinski definition) is 3. The van der Waals surface area contributed by atoms with Gasteiger partial charge in [0.25, 0.3) is 0 Å². The Morgan fingerprint density at radius 3 is 2.30 bits per heavy atom. The van der Waals surface area contributed by atoms with E-state index < -0.39 is 0 Å². The molecule has 3 heterocycles. The van der Waals surface area contributed by atoms with Gasteiger partial charge < -0.3 is 14.4 Å². The fourth-order valence-electron chi connectivity index (χ4n) is 3.85. The summed E-state index contributed by atoms with van der Waals surface area (Å²) in [6, 6.07) is 6.82. The Kier molecular flexibility index (Phi) is 5.82. The number of likely N-dealkylation sites (tertiary alicyclic amines) is 1. The van der Waals surface area contributed by atoms with Crippen molar-refractivity contribution in [2.75, 3.05) is 13.6 Å². The van der Waals surface area contributed by atoms with E-state index in [1.807, 2.05) is 18.2 Å². The summed E-state index contributed by atoms with van der Waals surface area (Å²) in [7, 11) is 2.24. The molecule has 128 valence electrons. The lowest BCUT2D eigenvalue weighted by Gasteiger charge is -2.31. The van der Waals surface area contributed by atoms with Crippen molar-refractivity contribution in [3.05, 3.63) is 18.2 Å². The van der Waals surface area contributed by atoms with Crippen LogP contribution in [0.15, 0.2) is 18.2 Å². The Morgan fingerprint density at radius 1 is 1.04 bits per heavy atom. The summed E-state index contributed by atoms with van der Waals surface area (Å²) in [5, 5.41) is 0. The van der Waals surface area contributed by atoms with E-state index in [4.69, 9.17) is 9.47 Å². The van der Waals surface area contributed by atoms with Gasteiger partial charge in [-0.3, -0.25) is 0 Å². The number of nitrogens with zero attached hydrogens (tertiary/aromatic N) is 1. The van der Waals surface area contributed by atoms with Crippen molar-refractivity contribution < 1.29 is 9.47 Å². The topological polar surface area (TPSA) is 21.7 Å². The van der Waals surface area contributed by atoms with Crippen molar-refractivity contribution in [2.24, 2.45) is 0 Å². The maximum Gasteiger partial charge on any atom is 0.205 e. The molecule has 4 aliphatic rings. The zero-order chi connectivity index (χ0) is 16.1. The summed E-state index contributed by atoms with van der Waals surface area (Å²) in [6.45, 7) is 3.60. The number of fused-ring (bicyclic) bond motifs is 2. The van der Waals surface area contributed by atoms with Gasteiger partial charge in [-0.15, -0.1) is 0 Å². The van der Waals surface area contributed by atoms with E-state index in [1.165, 1.54) is 64.3 Å². The van der Waals surface area contributed by atoms with Crippen molar-refractivity contribution in [3.63, 3.8) is 0 Å². The maximum atomic E-state index is 5.93. The predicted octanol–water partition coefficient (Wildman–Crippen LogP) is 5.38. The molecule has 2 fully saturated rings. The van der Waals surface area contributed by atoms with Gasteiger partial charge in [-0.1, -0.05) is 25.8 Å². The number of hydrogen-bond donors (Lipinski definition) is 0. The third-order valence-corrected chi connectivity index (χ3v) is 5.39. The Balaban J connectivity index is 0.000000151. The smallest absolute Gasteiger partial charge is 0.205 e. The van der Waals surface area contributed by atoms with Crippen LogP contribution in [0.25, 0.3) is 0 Å². The minimum Gasteiger partial charge on any atom is -0.483 e. The molecular formula is C20H31NO2. The molecule has 3 nitrogen and oxygen atoms in total. The lowest BCUT2D eigenvalue weighted by molar-refractivity contribution is 0.135. The Labute approximate surface area is 141 Å². The quantitative estimate of drug-likeness (QED) is 0.758. The molecule has 1 atom stereocenters. The van der Waals surface area contributed by atoms with Crippen LogP contribution in [0.5, 0.6) is 17.2 Å². The molecule has 23 heavy (non-hydrogen) atoms. The molecule has 1 saturated heterocycles. The first-order valence-electron chi connectivity index (χ1n) is 9.45. The fourth-order valence-corrected chi connectivity index (χ4v) is 3.85. The van der Waals surface area contributed by atoms with Gasteiger partial charge in [0.05, 0.1) is 6.10 Å². The number of benzene rings is 1. The first-order valence-corrected chi connectivity index (χ1v) is 9.45. The van der Waals surface area contributed by atoms with Crippen LogP contribution >= 0.6 is 0 Å². The van der Waals surface area contributed by atoms with Gasteiger partial charge in [0.2, 0.25) is 5.75 Å². The van der Waals surface area contributed by atoms with Crippen molar-refractivity contribution >= 4 is 0 Å². The molecule has 1 aliphatic carbocycles. The second kappa shape index (κ2) is 8.05. The molecule has 1 aromatic carbocycles. The minimum atomic E-state index is 0.424. The Bertz CT molecular complexity index is 476. The van der Waals surface area contributed by atoms with E-state index in [9.17, 15) is 0 Å². The van der Waals surface area contributed by atoms with Gasteiger partial charge in [-0.25, -0.2) is 0 Å². The lowest BCUT2D eigenvalue weighted by atomic mass is 9.98. The number of ether oxygens (including phenoxy) is 2. The SMILES string of the molecule is CCC1CCCCN1C.c1cc2c(OC3CCCCC3)c(c1)O2. The molecule has 0 spiro atoms. The molecule has 0 N–H and O–H groups in total. The molecule has 3 aliphatic heterocycles. The van der Waals surface area contributed by atoms with Gasteiger partial charge in [0.15, 0.2) is 11.5 Å². The molecule has 0 aromatic heterocycles. The molecule has 2 bridgehead atoms. The largest absolute Gasteiger partial charge is 0.483 e. The van der Waals surface area contributed by atoms with E-state index in [-0.39, 0.29) is 0 Å². The molecule has 0 amide bonds. The molecule has 5 rings (SSSR count). The summed E-state index contributed by atoms with van der Waals surface area (Å²) < 4.78 is 11.3. The third-order valence-electron chi connectivity index (χ3n) is 5.39. The average molecular weight is 317 g/mol. The molecule has 1 saturated carbocycles. The highest BCUT2D eigenvalue weighted by Gasteiger charge is 2.26. The number of para-hydroxylation sites is 1. The van der Waals surface area contributed by atoms with Crippen molar-refractivity contribution in [3.8, 4) is 17.2 Å². The van der Waals surface area contributed by atoms with Crippen LogP contribution in [-0.4, -0.2) is 30.6 Å². The van der Waals surface area contributed by atoms with E-state index in [1.54, 1.807) is 0 Å². The summed E-state index contributed by atoms with van der Waals surface area (Å²) in [6.07, 6.45) is 12.4. The first kappa shape index (κ1) is 16.6. The van der Waals surface area contributed by atoms with Crippen LogP contribution in [0.2, 0.25) is 0 Å². The summed E-state index contributed by atoms with van der Waals surface area (Å²) in [5.41, 5.74) is 0. The van der Waals surface area contributed by atoms with E-state index in [2.05, 4.69) is 18.9 Å². The standard InChI is InChI=1S/C12H14O2.C8H17N/c1-2-5-9(6-3-1)13-12-10-7-4-8-11(12)14-10;1-3-8-6-4-5-7-9(8)2/h4,7-9H,1-3,5-6H2;8H,3-7H2,1-2H3. The highest BCUT2D eigenvalue weighted by molar-refractivity contribution is 5.60. The summed E-state index contributed by atoms with van der Waals surface area (Å²) >= 11 is 0. The van der Waals surface area contributed by atoms with Gasteiger partial charge in [-0.05, 0) is 70.7 Å². The molecule has 3 heteroatoms. The fraction of sp³-hybridized carbons (Fsp3) is 0.700. The van der Waals surface area contributed by atoms with Gasteiger partial charge in [-0.2, -0.15) is 0 Å². The molecule has 1 unspecified atom stereocenters. The molecule has 1 aromatic rings. The van der Waals surface area contributed by atoms with Crippen molar-refractivity contribution in [1.82, 2.24) is 4.90 Å². The Hall–Kier alpha value is -1.22. The highest BCUT2D eigenvalue weighted by atomic mass is 16.6. The van der Waals surface area contributed by atoms with Gasteiger partial charge in [0, 0.05) is 6.04 Å². The second-order valence-corrected chi connectivity index (χ2v) is 7.10. The van der Waals surface area contributed by atoms with Crippen LogP contribution < -0.4 is 9.47 Å². The average Bonchev–Trinajstić information content (AvgIpc) is 2.62. The van der Waals surface area contributed by atoms with Crippen LogP contribution in [-0.2, 0) is 0 Å². The van der Waals surface area contributed by atoms with Crippen LogP contribution in [0, 0.1) is 0 Å². The summed E-state index contributed by atoms with van der Waals surface area (Å²) in [4.78, 5) is 2.49. The van der Waals surface area contributed by atoms with Crippen LogP contribution in [0.1, 0.15) is 64.7 Å². The third kappa shape index (κ3) is 4.20. The second-order valence-electron chi connectivity index (χ2n) is 7.10. The predicted molar refractivity (Wildman–Crippen MR) is 94.6 cm³/mol. The van der Waals surface area contributed by atoms with Crippen LogP contribution in [0.3, 0.4) is 0 Å². The summed E-state index contributed by atoms with van der Waals surface area (Å²) in [5.74, 6) is 2.81. The van der Waals surface area contributed by atoms with Crippen molar-refractivity contribution in [1.29, 1.82) is 0 Å².